The Morgan fingerprint density at radius 3 is 2.58 bits per heavy atom. The summed E-state index contributed by atoms with van der Waals surface area (Å²) < 4.78 is 7.55. The second kappa shape index (κ2) is 10.3. The van der Waals surface area contributed by atoms with Gasteiger partial charge in [-0.25, -0.2) is 0 Å². The highest BCUT2D eigenvalue weighted by atomic mass is 35.5. The second-order valence-corrected chi connectivity index (χ2v) is 8.75. The van der Waals surface area contributed by atoms with Gasteiger partial charge in [0.1, 0.15) is 12.4 Å². The quantitative estimate of drug-likeness (QED) is 0.296. The SMILES string of the molecule is Cc1ccc(Cl)c(OCc2cccc(C(=O)Nc3ccn(Cc4ccc(Cl)c(Cl)c4)n3)c2)c1. The van der Waals surface area contributed by atoms with Gasteiger partial charge in [-0.15, -0.1) is 0 Å². The van der Waals surface area contributed by atoms with Crippen LogP contribution in [0.3, 0.4) is 0 Å². The van der Waals surface area contributed by atoms with E-state index in [4.69, 9.17) is 39.5 Å². The number of aromatic nitrogens is 2. The van der Waals surface area contributed by atoms with Crippen LogP contribution in [-0.2, 0) is 13.2 Å². The predicted octanol–water partition coefficient (Wildman–Crippen LogP) is 7.03. The first-order chi connectivity index (χ1) is 15.9. The normalized spacial score (nSPS) is 10.8. The van der Waals surface area contributed by atoms with Crippen molar-refractivity contribution in [3.05, 3.63) is 110 Å². The maximum atomic E-state index is 12.7. The molecule has 0 unspecified atom stereocenters. The van der Waals surface area contributed by atoms with E-state index in [0.29, 0.717) is 45.4 Å². The number of carbonyl (C=O) groups excluding carboxylic acids is 1. The summed E-state index contributed by atoms with van der Waals surface area (Å²) >= 11 is 18.2. The van der Waals surface area contributed by atoms with Gasteiger partial charge in [-0.2, -0.15) is 5.10 Å². The molecule has 0 aliphatic carbocycles. The summed E-state index contributed by atoms with van der Waals surface area (Å²) in [5, 5.41) is 8.77. The number of anilines is 1. The summed E-state index contributed by atoms with van der Waals surface area (Å²) in [5.74, 6) is 0.803. The first kappa shape index (κ1) is 23.2. The van der Waals surface area contributed by atoms with Crippen molar-refractivity contribution in [3.8, 4) is 5.75 Å². The number of carbonyl (C=O) groups is 1. The van der Waals surface area contributed by atoms with Crippen LogP contribution >= 0.6 is 34.8 Å². The van der Waals surface area contributed by atoms with Crippen molar-refractivity contribution in [1.82, 2.24) is 9.78 Å². The Kier molecular flexibility index (Phi) is 7.23. The molecule has 0 radical (unpaired) electrons. The molecular formula is C25H20Cl3N3O2. The number of halogens is 3. The molecule has 0 aliphatic heterocycles. The number of nitrogens with one attached hydrogen (secondary N) is 1. The molecule has 3 aromatic carbocycles. The van der Waals surface area contributed by atoms with E-state index in [2.05, 4.69) is 10.4 Å². The van der Waals surface area contributed by atoms with Crippen LogP contribution in [0.15, 0.2) is 72.9 Å². The molecule has 5 nitrogen and oxygen atoms in total. The highest BCUT2D eigenvalue weighted by Gasteiger charge is 2.10. The molecule has 4 rings (SSSR count). The predicted molar refractivity (Wildman–Crippen MR) is 133 cm³/mol. The third kappa shape index (κ3) is 6.08. The number of rotatable bonds is 7. The highest BCUT2D eigenvalue weighted by Crippen LogP contribution is 2.26. The smallest absolute Gasteiger partial charge is 0.256 e. The van der Waals surface area contributed by atoms with Crippen LogP contribution in [0.2, 0.25) is 15.1 Å². The monoisotopic (exact) mass is 499 g/mol. The number of nitrogens with zero attached hydrogens (tertiary/aromatic N) is 2. The topological polar surface area (TPSA) is 56.1 Å². The van der Waals surface area contributed by atoms with Crippen LogP contribution in [0.1, 0.15) is 27.0 Å². The van der Waals surface area contributed by atoms with Gasteiger partial charge in [-0.3, -0.25) is 9.48 Å². The Morgan fingerprint density at radius 1 is 0.939 bits per heavy atom. The summed E-state index contributed by atoms with van der Waals surface area (Å²) in [6.07, 6.45) is 1.79. The Hall–Kier alpha value is -2.99. The van der Waals surface area contributed by atoms with Gasteiger partial charge >= 0.3 is 0 Å². The summed E-state index contributed by atoms with van der Waals surface area (Å²) in [6, 6.07) is 20.0. The zero-order valence-corrected chi connectivity index (χ0v) is 20.0. The molecule has 0 saturated carbocycles. The fraction of sp³-hybridized carbons (Fsp3) is 0.120. The van der Waals surface area contributed by atoms with Crippen molar-refractivity contribution in [2.45, 2.75) is 20.1 Å². The molecule has 0 aliphatic rings. The van der Waals surface area contributed by atoms with Crippen LogP contribution in [0.25, 0.3) is 0 Å². The van der Waals surface area contributed by atoms with Crippen molar-refractivity contribution in [2.24, 2.45) is 0 Å². The average molecular weight is 501 g/mol. The third-order valence-electron chi connectivity index (χ3n) is 4.88. The van der Waals surface area contributed by atoms with E-state index in [1.54, 1.807) is 47.3 Å². The molecular weight excluding hydrogens is 481 g/mol. The van der Waals surface area contributed by atoms with Gasteiger partial charge in [-0.05, 0) is 60.0 Å². The van der Waals surface area contributed by atoms with E-state index in [-0.39, 0.29) is 5.91 Å². The van der Waals surface area contributed by atoms with Gasteiger partial charge in [0.15, 0.2) is 5.82 Å². The largest absolute Gasteiger partial charge is 0.487 e. The number of benzene rings is 3. The van der Waals surface area contributed by atoms with Gasteiger partial charge in [0.05, 0.1) is 21.6 Å². The van der Waals surface area contributed by atoms with Crippen LogP contribution in [-0.4, -0.2) is 15.7 Å². The van der Waals surface area contributed by atoms with Crippen LogP contribution in [0.4, 0.5) is 5.82 Å². The maximum Gasteiger partial charge on any atom is 0.256 e. The Morgan fingerprint density at radius 2 is 1.76 bits per heavy atom. The molecule has 0 saturated heterocycles. The van der Waals surface area contributed by atoms with Gasteiger partial charge in [0.2, 0.25) is 0 Å². The molecule has 1 N–H and O–H groups in total. The minimum absolute atomic E-state index is 0.259. The lowest BCUT2D eigenvalue weighted by molar-refractivity contribution is 0.102. The molecule has 168 valence electrons. The van der Waals surface area contributed by atoms with E-state index in [9.17, 15) is 4.79 Å². The Labute approximate surface area is 206 Å². The third-order valence-corrected chi connectivity index (χ3v) is 5.93. The van der Waals surface area contributed by atoms with Crippen molar-refractivity contribution in [3.63, 3.8) is 0 Å². The van der Waals surface area contributed by atoms with E-state index >= 15 is 0 Å². The minimum atomic E-state index is -0.259. The summed E-state index contributed by atoms with van der Waals surface area (Å²) in [7, 11) is 0. The molecule has 0 fully saturated rings. The molecule has 1 aromatic heterocycles. The number of amides is 1. The fourth-order valence-corrected chi connectivity index (χ4v) is 3.71. The lowest BCUT2D eigenvalue weighted by Gasteiger charge is -2.10. The zero-order valence-electron chi connectivity index (χ0n) is 17.7. The molecule has 0 spiro atoms. The number of hydrogen-bond donors (Lipinski definition) is 1. The van der Waals surface area contributed by atoms with Gasteiger partial charge in [-0.1, -0.05) is 59.1 Å². The molecule has 4 aromatic rings. The summed E-state index contributed by atoms with van der Waals surface area (Å²) in [4.78, 5) is 12.7. The van der Waals surface area contributed by atoms with E-state index < -0.39 is 0 Å². The Bertz CT molecular complexity index is 1300. The van der Waals surface area contributed by atoms with Crippen molar-refractivity contribution >= 4 is 46.5 Å². The fourth-order valence-electron chi connectivity index (χ4n) is 3.21. The lowest BCUT2D eigenvalue weighted by Crippen LogP contribution is -2.13. The Balaban J connectivity index is 1.38. The van der Waals surface area contributed by atoms with Crippen molar-refractivity contribution in [2.75, 3.05) is 5.32 Å². The standard InChI is InChI=1S/C25H20Cl3N3O2/c1-16-5-7-21(27)23(11-16)33-15-18-3-2-4-19(12-18)25(32)29-24-9-10-31(30-24)14-17-6-8-20(26)22(28)13-17/h2-13H,14-15H2,1H3,(H,29,30,32). The number of ether oxygens (including phenoxy) is 1. The molecule has 0 bridgehead atoms. The van der Waals surface area contributed by atoms with Crippen LogP contribution in [0, 0.1) is 6.92 Å². The highest BCUT2D eigenvalue weighted by molar-refractivity contribution is 6.42. The summed E-state index contributed by atoms with van der Waals surface area (Å²) in [6.45, 7) is 2.77. The lowest BCUT2D eigenvalue weighted by atomic mass is 10.1. The zero-order chi connectivity index (χ0) is 23.4. The van der Waals surface area contributed by atoms with E-state index in [1.807, 2.05) is 37.3 Å². The van der Waals surface area contributed by atoms with Crippen molar-refractivity contribution < 1.29 is 9.53 Å². The van der Waals surface area contributed by atoms with Gasteiger partial charge < -0.3 is 10.1 Å². The summed E-state index contributed by atoms with van der Waals surface area (Å²) in [5.41, 5.74) is 3.36. The average Bonchev–Trinajstić information content (AvgIpc) is 3.23. The van der Waals surface area contributed by atoms with E-state index in [1.165, 1.54) is 0 Å². The molecule has 8 heteroatoms. The minimum Gasteiger partial charge on any atom is -0.487 e. The molecule has 0 atom stereocenters. The molecule has 1 heterocycles. The first-order valence-corrected chi connectivity index (χ1v) is 11.3. The van der Waals surface area contributed by atoms with Gasteiger partial charge in [0, 0.05) is 17.8 Å². The van der Waals surface area contributed by atoms with Crippen LogP contribution in [0.5, 0.6) is 5.75 Å². The van der Waals surface area contributed by atoms with Crippen molar-refractivity contribution in [1.29, 1.82) is 0 Å². The number of hydrogen-bond acceptors (Lipinski definition) is 3. The second-order valence-electron chi connectivity index (χ2n) is 7.52. The maximum absolute atomic E-state index is 12.7. The van der Waals surface area contributed by atoms with E-state index in [0.717, 1.165) is 16.7 Å². The van der Waals surface area contributed by atoms with Crippen LogP contribution < -0.4 is 10.1 Å². The first-order valence-electron chi connectivity index (χ1n) is 10.1. The van der Waals surface area contributed by atoms with Gasteiger partial charge in [0.25, 0.3) is 5.91 Å². The molecule has 1 amide bonds. The number of aryl methyl sites for hydroxylation is 1. The molecule has 33 heavy (non-hydrogen) atoms.